The van der Waals surface area contributed by atoms with E-state index < -0.39 is 11.7 Å². The van der Waals surface area contributed by atoms with E-state index in [1.807, 2.05) is 16.7 Å². The van der Waals surface area contributed by atoms with Crippen LogP contribution in [-0.2, 0) is 69.7 Å². The monoisotopic (exact) mass is 830 g/mol. The minimum absolute atomic E-state index is 0.0116. The van der Waals surface area contributed by atoms with Crippen LogP contribution in [0.15, 0.2) is 94.5 Å². The van der Waals surface area contributed by atoms with Gasteiger partial charge in [0, 0.05) is 56.9 Å². The maximum Gasteiger partial charge on any atom is 0.410 e. The number of nitrogens with zero attached hydrogens (tertiary/aromatic N) is 3. The molecule has 0 fully saturated rings. The number of amides is 1. The molecule has 8 rings (SSSR count). The predicted molar refractivity (Wildman–Crippen MR) is 237 cm³/mol. The van der Waals surface area contributed by atoms with Gasteiger partial charge in [-0.3, -0.25) is 14.5 Å². The van der Waals surface area contributed by atoms with E-state index in [0.29, 0.717) is 44.8 Å². The topological polar surface area (TPSA) is 138 Å². The third kappa shape index (κ3) is 10.4. The van der Waals surface area contributed by atoms with Crippen molar-refractivity contribution < 1.29 is 18.3 Å². The standard InChI is InChI=1S/C27H32FN3O3.C22H24FN3O/c1-27(2,3)34-26(33)30(16-18-7-9-23(28)10-8-18)17-22-14-21-13-19-5-4-6-20(19)15-24(21)31(12-11-29)25(22)32;23-20-6-4-15(5-7-20)13-25-14-19-11-18-10-16-2-1-3-17(16)12-21(18)26(9-8-24)22(19)27/h7-10,13-15H,4-6,11-12,16-17,29H2,1-3H3;4-7,10-12,25H,1-3,8-9,13-14,24H2. The van der Waals surface area contributed by atoms with Crippen LogP contribution in [0, 0.1) is 11.6 Å². The lowest BCUT2D eigenvalue weighted by Crippen LogP contribution is -2.38. The molecular weight excluding hydrogens is 775 g/mol. The van der Waals surface area contributed by atoms with Gasteiger partial charge < -0.3 is 30.7 Å². The number of rotatable bonds is 12. The number of ether oxygens (including phenoxy) is 1. The van der Waals surface area contributed by atoms with Gasteiger partial charge in [-0.25, -0.2) is 13.6 Å². The number of hydrogen-bond acceptors (Lipinski definition) is 7. The minimum atomic E-state index is -0.693. The SMILES string of the molecule is CC(C)(C)OC(=O)N(Cc1ccc(F)cc1)Cc1cc2cc3c(cc2n(CCN)c1=O)CCC3.NCCn1c(=O)c(CNCc2ccc(F)cc2)cc2cc3c(cc21)CCC3. The number of pyridine rings is 2. The summed E-state index contributed by atoms with van der Waals surface area (Å²) in [5, 5.41) is 5.36. The zero-order valence-electron chi connectivity index (χ0n) is 35.4. The molecule has 320 valence electrons. The van der Waals surface area contributed by atoms with Crippen LogP contribution >= 0.6 is 0 Å². The summed E-state index contributed by atoms with van der Waals surface area (Å²) in [6.07, 6.45) is 6.01. The van der Waals surface area contributed by atoms with E-state index in [9.17, 15) is 23.2 Å². The Hall–Kier alpha value is -5.69. The Balaban J connectivity index is 0.000000189. The molecule has 0 aliphatic heterocycles. The first-order valence-corrected chi connectivity index (χ1v) is 21.2. The van der Waals surface area contributed by atoms with Gasteiger partial charge in [-0.2, -0.15) is 0 Å². The number of fused-ring (bicyclic) bond motifs is 4. The van der Waals surface area contributed by atoms with E-state index in [1.54, 1.807) is 49.6 Å². The predicted octanol–water partition coefficient (Wildman–Crippen LogP) is 7.40. The molecule has 0 radical (unpaired) electrons. The van der Waals surface area contributed by atoms with Gasteiger partial charge in [0.25, 0.3) is 11.1 Å². The van der Waals surface area contributed by atoms with E-state index in [-0.39, 0.29) is 35.8 Å². The van der Waals surface area contributed by atoms with Crippen molar-refractivity contribution in [2.24, 2.45) is 11.5 Å². The molecule has 0 atom stereocenters. The number of aryl methyl sites for hydroxylation is 4. The molecule has 0 saturated heterocycles. The lowest BCUT2D eigenvalue weighted by Gasteiger charge is -2.28. The van der Waals surface area contributed by atoms with Gasteiger partial charge in [0.2, 0.25) is 0 Å². The Bertz CT molecular complexity index is 2650. The molecule has 12 heteroatoms. The van der Waals surface area contributed by atoms with Crippen LogP contribution in [-0.4, -0.2) is 38.8 Å². The number of nitrogens with one attached hydrogen (secondary N) is 1. The molecule has 2 aliphatic carbocycles. The summed E-state index contributed by atoms with van der Waals surface area (Å²) in [6, 6.07) is 24.9. The van der Waals surface area contributed by atoms with Crippen LogP contribution < -0.4 is 27.9 Å². The molecule has 4 aromatic carbocycles. The molecule has 5 N–H and O–H groups in total. The van der Waals surface area contributed by atoms with Crippen LogP contribution in [0.2, 0.25) is 0 Å². The summed E-state index contributed by atoms with van der Waals surface area (Å²) < 4.78 is 35.6. The molecule has 2 heterocycles. The van der Waals surface area contributed by atoms with Crippen molar-refractivity contribution >= 4 is 27.9 Å². The van der Waals surface area contributed by atoms with Gasteiger partial charge in [0.05, 0.1) is 17.6 Å². The normalized spacial score (nSPS) is 13.2. The number of benzene rings is 4. The van der Waals surface area contributed by atoms with E-state index in [0.717, 1.165) is 70.6 Å². The summed E-state index contributed by atoms with van der Waals surface area (Å²) in [5.41, 5.74) is 20.9. The van der Waals surface area contributed by atoms with Gasteiger partial charge in [-0.15, -0.1) is 0 Å². The molecular formula is C49H56F2N6O4. The third-order valence-electron chi connectivity index (χ3n) is 11.3. The Labute approximate surface area is 355 Å². The minimum Gasteiger partial charge on any atom is -0.444 e. The Morgan fingerprint density at radius 1 is 0.656 bits per heavy atom. The van der Waals surface area contributed by atoms with Crippen LogP contribution in [0.5, 0.6) is 0 Å². The fourth-order valence-corrected chi connectivity index (χ4v) is 8.44. The van der Waals surface area contributed by atoms with Crippen molar-refractivity contribution in [3.05, 3.63) is 162 Å². The highest BCUT2D eigenvalue weighted by Crippen LogP contribution is 2.29. The number of carbonyl (C=O) groups is 1. The van der Waals surface area contributed by atoms with Gasteiger partial charge in [0.1, 0.15) is 17.2 Å². The van der Waals surface area contributed by atoms with E-state index >= 15 is 0 Å². The Morgan fingerprint density at radius 2 is 1.11 bits per heavy atom. The Morgan fingerprint density at radius 3 is 1.61 bits per heavy atom. The van der Waals surface area contributed by atoms with Crippen molar-refractivity contribution in [1.82, 2.24) is 19.4 Å². The molecule has 61 heavy (non-hydrogen) atoms. The molecule has 0 unspecified atom stereocenters. The summed E-state index contributed by atoms with van der Waals surface area (Å²) in [4.78, 5) is 41.0. The van der Waals surface area contributed by atoms with Crippen molar-refractivity contribution in [2.75, 3.05) is 13.1 Å². The number of aromatic nitrogens is 2. The highest BCUT2D eigenvalue weighted by molar-refractivity contribution is 5.83. The van der Waals surface area contributed by atoms with Crippen molar-refractivity contribution in [1.29, 1.82) is 0 Å². The van der Waals surface area contributed by atoms with Gasteiger partial charge in [-0.05, 0) is 164 Å². The van der Waals surface area contributed by atoms with Gasteiger partial charge >= 0.3 is 6.09 Å². The largest absolute Gasteiger partial charge is 0.444 e. The van der Waals surface area contributed by atoms with Crippen LogP contribution in [0.4, 0.5) is 13.6 Å². The van der Waals surface area contributed by atoms with Gasteiger partial charge in [0.15, 0.2) is 0 Å². The zero-order valence-corrected chi connectivity index (χ0v) is 35.4. The average molecular weight is 831 g/mol. The highest BCUT2D eigenvalue weighted by Gasteiger charge is 2.25. The lowest BCUT2D eigenvalue weighted by molar-refractivity contribution is 0.0215. The average Bonchev–Trinajstić information content (AvgIpc) is 3.89. The molecule has 2 aliphatic rings. The first-order chi connectivity index (χ1) is 29.3. The molecule has 1 amide bonds. The van der Waals surface area contributed by atoms with Crippen molar-refractivity contribution in [3.8, 4) is 0 Å². The summed E-state index contributed by atoms with van der Waals surface area (Å²) in [7, 11) is 0. The van der Waals surface area contributed by atoms with E-state index in [4.69, 9.17) is 16.2 Å². The van der Waals surface area contributed by atoms with Crippen molar-refractivity contribution in [2.45, 2.75) is 104 Å². The number of nitrogens with two attached hydrogens (primary N) is 2. The molecule has 2 aromatic heterocycles. The molecule has 0 spiro atoms. The highest BCUT2D eigenvalue weighted by atomic mass is 19.1. The van der Waals surface area contributed by atoms with E-state index in [1.165, 1.54) is 57.8 Å². The lowest BCUT2D eigenvalue weighted by atomic mass is 10.0. The maximum atomic E-state index is 13.5. The fraction of sp³-hybridized carbons (Fsp3) is 0.367. The Kier molecular flexibility index (Phi) is 13.5. The quantitative estimate of drug-likeness (QED) is 0.117. The number of hydrogen-bond donors (Lipinski definition) is 3. The first kappa shape index (κ1) is 43.4. The van der Waals surface area contributed by atoms with Crippen LogP contribution in [0.1, 0.15) is 78.1 Å². The summed E-state index contributed by atoms with van der Waals surface area (Å²) in [6.45, 7) is 8.37. The van der Waals surface area contributed by atoms with Crippen molar-refractivity contribution in [3.63, 3.8) is 0 Å². The van der Waals surface area contributed by atoms with Gasteiger partial charge in [-0.1, -0.05) is 24.3 Å². The second kappa shape index (κ2) is 18.9. The molecule has 6 aromatic rings. The van der Waals surface area contributed by atoms with Crippen LogP contribution in [0.3, 0.4) is 0 Å². The smallest absolute Gasteiger partial charge is 0.410 e. The first-order valence-electron chi connectivity index (χ1n) is 21.2. The summed E-state index contributed by atoms with van der Waals surface area (Å²) >= 11 is 0. The zero-order chi connectivity index (χ0) is 43.3. The van der Waals surface area contributed by atoms with E-state index in [2.05, 4.69) is 29.6 Å². The third-order valence-corrected chi connectivity index (χ3v) is 11.3. The number of carbonyl (C=O) groups excluding carboxylic acids is 1. The maximum absolute atomic E-state index is 13.5. The second-order valence-corrected chi connectivity index (χ2v) is 17.1. The summed E-state index contributed by atoms with van der Waals surface area (Å²) in [5.74, 6) is -0.593. The molecule has 0 saturated carbocycles. The molecule has 10 nitrogen and oxygen atoms in total. The fourth-order valence-electron chi connectivity index (χ4n) is 8.44. The molecule has 0 bridgehead atoms. The van der Waals surface area contributed by atoms with Crippen LogP contribution in [0.25, 0.3) is 21.8 Å². The number of halogens is 2. The second-order valence-electron chi connectivity index (χ2n) is 17.1.